The van der Waals surface area contributed by atoms with E-state index in [0.717, 1.165) is 22.6 Å². The van der Waals surface area contributed by atoms with Gasteiger partial charge in [0, 0.05) is 35.6 Å². The fourth-order valence-corrected chi connectivity index (χ4v) is 7.05. The number of aromatic nitrogens is 1. The summed E-state index contributed by atoms with van der Waals surface area (Å²) in [7, 11) is -3.50. The van der Waals surface area contributed by atoms with E-state index in [1.54, 1.807) is 5.01 Å². The van der Waals surface area contributed by atoms with Crippen LogP contribution in [0.5, 0.6) is 5.75 Å². The second-order valence-electron chi connectivity index (χ2n) is 9.96. The van der Waals surface area contributed by atoms with Gasteiger partial charge in [-0.1, -0.05) is 24.3 Å². The van der Waals surface area contributed by atoms with Crippen molar-refractivity contribution in [3.8, 4) is 5.75 Å². The maximum atomic E-state index is 15.4. The highest BCUT2D eigenvalue weighted by Gasteiger charge is 2.49. The Hall–Kier alpha value is -3.30. The van der Waals surface area contributed by atoms with Crippen LogP contribution in [-0.4, -0.2) is 71.2 Å². The minimum Gasteiger partial charge on any atom is -0.460 e. The molecule has 0 spiro atoms. The van der Waals surface area contributed by atoms with Crippen LogP contribution in [0.2, 0.25) is 0 Å². The second-order valence-corrected chi connectivity index (χ2v) is 12.2. The van der Waals surface area contributed by atoms with Crippen LogP contribution in [0.1, 0.15) is 33.2 Å². The normalized spacial score (nSPS) is 21.4. The number of hydrogen-bond acceptors (Lipinski definition) is 9. The minimum absolute atomic E-state index is 0.0276. The van der Waals surface area contributed by atoms with E-state index in [-0.39, 0.29) is 36.8 Å². The lowest BCUT2D eigenvalue weighted by atomic mass is 9.93. The van der Waals surface area contributed by atoms with Gasteiger partial charge < -0.3 is 28.9 Å². The molecule has 1 saturated heterocycles. The van der Waals surface area contributed by atoms with E-state index in [0.29, 0.717) is 5.56 Å². The Balaban J connectivity index is 1.61. The van der Waals surface area contributed by atoms with Crippen LogP contribution >= 0.6 is 19.6 Å². The number of rotatable bonds is 7. The lowest BCUT2D eigenvalue weighted by molar-refractivity contribution is -0.0695. The summed E-state index contributed by atoms with van der Waals surface area (Å²) in [4.78, 5) is 47.8. The Kier molecular flexibility index (Phi) is 8.07. The smallest absolute Gasteiger partial charge is 0.460 e. The van der Waals surface area contributed by atoms with Crippen molar-refractivity contribution in [2.45, 2.75) is 28.9 Å². The summed E-state index contributed by atoms with van der Waals surface area (Å²) in [5.74, 6) is -2.97. The molecule has 1 aromatic heterocycles. The van der Waals surface area contributed by atoms with Crippen molar-refractivity contribution >= 4 is 25.5 Å². The van der Waals surface area contributed by atoms with Crippen molar-refractivity contribution < 1.29 is 46.7 Å². The van der Waals surface area contributed by atoms with E-state index in [9.17, 15) is 18.5 Å². The van der Waals surface area contributed by atoms with Crippen LogP contribution in [-0.2, 0) is 24.3 Å². The highest BCUT2D eigenvalue weighted by molar-refractivity contribution is 7.98. The van der Waals surface area contributed by atoms with Crippen molar-refractivity contribution in [1.82, 2.24) is 9.58 Å². The number of thioether (sulfide) groups is 1. The van der Waals surface area contributed by atoms with Gasteiger partial charge in [-0.2, -0.15) is 0 Å². The molecule has 6 rings (SSSR count). The van der Waals surface area contributed by atoms with Crippen molar-refractivity contribution in [3.05, 3.63) is 92.9 Å². The molecule has 1 unspecified atom stereocenters. The predicted molar refractivity (Wildman–Crippen MR) is 148 cm³/mol. The third kappa shape index (κ3) is 5.35. The summed E-state index contributed by atoms with van der Waals surface area (Å²) < 4.78 is 63.7. The van der Waals surface area contributed by atoms with E-state index < -0.39 is 61.6 Å². The van der Waals surface area contributed by atoms with Crippen molar-refractivity contribution in [2.75, 3.05) is 38.7 Å². The van der Waals surface area contributed by atoms with E-state index in [1.165, 1.54) is 40.7 Å². The number of methoxy groups -OCH3 is 1. The first kappa shape index (κ1) is 29.8. The minimum atomic E-state index is -4.97. The standard InChI is InChI=1S/C27H26F2N3O9PS/c1-38-10-15-11-39-12-22-31(15)27(34)25-26(40-14-41-42(35,36)37)20(33)8-9-30(25)32(22)24-16-6-7-19(28)23(29)18(16)13-43-21-5-3-2-4-17(21)24/h2-9,15,22,24H,10-14H2,1H3,(H2,35,36,37)/t15?,22-,24+/m1/s1. The molecule has 1 fully saturated rings. The van der Waals surface area contributed by atoms with Gasteiger partial charge >= 0.3 is 7.82 Å². The molecule has 0 radical (unpaired) electrons. The molecule has 12 nitrogen and oxygen atoms in total. The molecule has 228 valence electrons. The molecule has 3 aromatic rings. The summed E-state index contributed by atoms with van der Waals surface area (Å²) in [6.45, 7) is -0.794. The van der Waals surface area contributed by atoms with E-state index in [4.69, 9.17) is 24.0 Å². The van der Waals surface area contributed by atoms with Gasteiger partial charge in [0.2, 0.25) is 18.0 Å². The number of benzene rings is 2. The van der Waals surface area contributed by atoms with Gasteiger partial charge in [0.1, 0.15) is 6.17 Å². The van der Waals surface area contributed by atoms with E-state index in [2.05, 4.69) is 4.52 Å². The molecule has 0 bridgehead atoms. The Morgan fingerprint density at radius 3 is 2.65 bits per heavy atom. The Morgan fingerprint density at radius 2 is 1.88 bits per heavy atom. The van der Waals surface area contributed by atoms with Gasteiger partial charge in [-0.3, -0.25) is 19.3 Å². The number of carbonyl (C=O) groups is 1. The lowest BCUT2D eigenvalue weighted by Crippen LogP contribution is -2.69. The fourth-order valence-electron chi connectivity index (χ4n) is 5.74. The summed E-state index contributed by atoms with van der Waals surface area (Å²) in [6, 6.07) is 9.63. The van der Waals surface area contributed by atoms with Crippen LogP contribution < -0.4 is 15.2 Å². The zero-order chi connectivity index (χ0) is 30.5. The molecule has 3 atom stereocenters. The SMILES string of the molecule is COCC1COC[C@@H]2N1C(=O)c1c(OCOP(=O)(O)O)c(=O)ccn1N2[C@@H]1c2ccccc2SCc2c1ccc(F)c2F. The third-order valence-electron chi connectivity index (χ3n) is 7.48. The maximum Gasteiger partial charge on any atom is 0.472 e. The number of phosphoric ester groups is 1. The number of morpholine rings is 1. The molecule has 4 heterocycles. The van der Waals surface area contributed by atoms with Crippen molar-refractivity contribution in [1.29, 1.82) is 0 Å². The number of halogens is 2. The predicted octanol–water partition coefficient (Wildman–Crippen LogP) is 2.73. The van der Waals surface area contributed by atoms with Crippen LogP contribution in [0, 0.1) is 11.6 Å². The zero-order valence-corrected chi connectivity index (χ0v) is 24.3. The third-order valence-corrected chi connectivity index (χ3v) is 9.04. The van der Waals surface area contributed by atoms with Gasteiger partial charge in [0.25, 0.3) is 5.91 Å². The fraction of sp³-hybridized carbons (Fsp3) is 0.333. The molecule has 1 amide bonds. The van der Waals surface area contributed by atoms with Crippen LogP contribution in [0.25, 0.3) is 0 Å². The first-order chi connectivity index (χ1) is 20.6. The highest BCUT2D eigenvalue weighted by atomic mass is 32.2. The van der Waals surface area contributed by atoms with Crippen LogP contribution in [0.3, 0.4) is 0 Å². The Bertz CT molecular complexity index is 1680. The molecule has 0 aliphatic carbocycles. The molecular formula is C27H26F2N3O9PS. The van der Waals surface area contributed by atoms with Gasteiger partial charge in [-0.15, -0.1) is 11.8 Å². The highest BCUT2D eigenvalue weighted by Crippen LogP contribution is 2.45. The average Bonchev–Trinajstić information content (AvgIpc) is 3.13. The monoisotopic (exact) mass is 637 g/mol. The molecule has 3 aliphatic rings. The number of ether oxygens (including phenoxy) is 3. The second kappa shape index (κ2) is 11.7. The van der Waals surface area contributed by atoms with Crippen LogP contribution in [0.15, 0.2) is 58.4 Å². The number of carbonyl (C=O) groups excluding carboxylic acids is 1. The largest absolute Gasteiger partial charge is 0.472 e. The van der Waals surface area contributed by atoms with Crippen LogP contribution in [0.4, 0.5) is 8.78 Å². The van der Waals surface area contributed by atoms with Gasteiger partial charge in [-0.25, -0.2) is 17.9 Å². The molecule has 2 N–H and O–H groups in total. The lowest BCUT2D eigenvalue weighted by Gasteiger charge is -2.53. The Labute approximate surface area is 247 Å². The maximum absolute atomic E-state index is 15.4. The molecule has 16 heteroatoms. The van der Waals surface area contributed by atoms with E-state index >= 15 is 4.39 Å². The molecule has 3 aliphatic heterocycles. The number of phosphoric acid groups is 1. The first-order valence-corrected chi connectivity index (χ1v) is 15.6. The molecule has 2 aromatic carbocycles. The van der Waals surface area contributed by atoms with Gasteiger partial charge in [-0.05, 0) is 23.3 Å². The first-order valence-electron chi connectivity index (χ1n) is 13.1. The molecule has 43 heavy (non-hydrogen) atoms. The van der Waals surface area contributed by atoms with Crippen molar-refractivity contribution in [3.63, 3.8) is 0 Å². The number of nitrogens with zero attached hydrogens (tertiary/aromatic N) is 3. The van der Waals surface area contributed by atoms with Gasteiger partial charge in [0.05, 0.1) is 31.9 Å². The van der Waals surface area contributed by atoms with Gasteiger partial charge in [0.15, 0.2) is 17.3 Å². The summed E-state index contributed by atoms with van der Waals surface area (Å²) in [5.41, 5.74) is 0.330. The van der Waals surface area contributed by atoms with Crippen molar-refractivity contribution in [2.24, 2.45) is 0 Å². The summed E-state index contributed by atoms with van der Waals surface area (Å²) in [6.07, 6.45) is 0.557. The Morgan fingerprint density at radius 1 is 1.09 bits per heavy atom. The number of pyridine rings is 1. The van der Waals surface area contributed by atoms with E-state index in [1.807, 2.05) is 24.3 Å². The number of fused-ring (bicyclic) bond motifs is 4. The quantitative estimate of drug-likeness (QED) is 0.292. The number of hydrogen-bond donors (Lipinski definition) is 2. The molecule has 0 saturated carbocycles. The molecular weight excluding hydrogens is 611 g/mol. The average molecular weight is 638 g/mol. The topological polar surface area (TPSA) is 140 Å². The zero-order valence-electron chi connectivity index (χ0n) is 22.6. The summed E-state index contributed by atoms with van der Waals surface area (Å²) >= 11 is 1.34. The summed E-state index contributed by atoms with van der Waals surface area (Å²) in [5, 5.41) is 1.75. The number of amides is 1.